The molecule has 0 saturated heterocycles. The van der Waals surface area contributed by atoms with Crippen molar-refractivity contribution in [3.8, 4) is 5.75 Å². The minimum Gasteiger partial charge on any atom is -0.497 e. The Hall–Kier alpha value is -1.02. The number of hydrogen-bond acceptors (Lipinski definition) is 2. The van der Waals surface area contributed by atoms with Gasteiger partial charge in [0.25, 0.3) is 0 Å². The largest absolute Gasteiger partial charge is 0.497 e. The fourth-order valence-corrected chi connectivity index (χ4v) is 3.73. The fourth-order valence-electron chi connectivity index (χ4n) is 3.73. The van der Waals surface area contributed by atoms with Crippen LogP contribution in [0, 0.1) is 5.92 Å². The fraction of sp³-hybridized carbons (Fsp3) is 0.700. The van der Waals surface area contributed by atoms with Crippen LogP contribution in [-0.2, 0) is 0 Å². The average Bonchev–Trinajstić information content (AvgIpc) is 2.59. The van der Waals surface area contributed by atoms with Gasteiger partial charge in [-0.2, -0.15) is 0 Å². The maximum atomic E-state index is 10.4. The van der Waals surface area contributed by atoms with Gasteiger partial charge in [-0.3, -0.25) is 0 Å². The first-order valence-corrected chi connectivity index (χ1v) is 9.06. The van der Waals surface area contributed by atoms with Crippen molar-refractivity contribution in [3.05, 3.63) is 29.8 Å². The average molecular weight is 304 g/mol. The van der Waals surface area contributed by atoms with Gasteiger partial charge in [-0.25, -0.2) is 0 Å². The van der Waals surface area contributed by atoms with Gasteiger partial charge in [-0.1, -0.05) is 44.7 Å². The molecule has 0 bridgehead atoms. The van der Waals surface area contributed by atoms with E-state index < -0.39 is 0 Å². The van der Waals surface area contributed by atoms with E-state index >= 15 is 0 Å². The molecule has 1 fully saturated rings. The highest BCUT2D eigenvalue weighted by molar-refractivity contribution is 5.29. The lowest BCUT2D eigenvalue weighted by Gasteiger charge is -2.32. The molecule has 124 valence electrons. The Bertz CT molecular complexity index is 404. The molecule has 22 heavy (non-hydrogen) atoms. The highest BCUT2D eigenvalue weighted by Crippen LogP contribution is 2.38. The Morgan fingerprint density at radius 2 is 1.73 bits per heavy atom. The lowest BCUT2D eigenvalue weighted by molar-refractivity contribution is 0.0712. The first-order valence-electron chi connectivity index (χ1n) is 9.06. The van der Waals surface area contributed by atoms with E-state index in [9.17, 15) is 5.11 Å². The molecule has 1 aromatic carbocycles. The van der Waals surface area contributed by atoms with Gasteiger partial charge in [0.1, 0.15) is 5.75 Å². The van der Waals surface area contributed by atoms with Crippen LogP contribution in [0.4, 0.5) is 0 Å². The Balaban J connectivity index is 1.74. The van der Waals surface area contributed by atoms with Crippen LogP contribution in [-0.4, -0.2) is 18.3 Å². The molecular weight excluding hydrogens is 272 g/mol. The number of methoxy groups -OCH3 is 1. The third-order valence-electron chi connectivity index (χ3n) is 5.26. The van der Waals surface area contributed by atoms with E-state index in [2.05, 4.69) is 31.2 Å². The predicted molar refractivity (Wildman–Crippen MR) is 92.5 cm³/mol. The monoisotopic (exact) mass is 304 g/mol. The second-order valence-corrected chi connectivity index (χ2v) is 6.80. The van der Waals surface area contributed by atoms with Gasteiger partial charge in [0.15, 0.2) is 0 Å². The first-order chi connectivity index (χ1) is 10.7. The molecule has 1 unspecified atom stereocenters. The Morgan fingerprint density at radius 3 is 2.32 bits per heavy atom. The number of benzene rings is 1. The smallest absolute Gasteiger partial charge is 0.118 e. The van der Waals surface area contributed by atoms with Crippen LogP contribution < -0.4 is 4.74 Å². The summed E-state index contributed by atoms with van der Waals surface area (Å²) >= 11 is 0. The summed E-state index contributed by atoms with van der Waals surface area (Å²) < 4.78 is 5.23. The first kappa shape index (κ1) is 17.3. The number of aliphatic hydroxyl groups excluding tert-OH is 1. The number of unbranched alkanes of at least 4 members (excludes halogenated alkanes) is 3. The molecule has 0 spiro atoms. The van der Waals surface area contributed by atoms with Crippen molar-refractivity contribution in [3.63, 3.8) is 0 Å². The second kappa shape index (κ2) is 9.19. The molecule has 1 aromatic rings. The molecule has 1 saturated carbocycles. The summed E-state index contributed by atoms with van der Waals surface area (Å²) in [4.78, 5) is 0. The highest BCUT2D eigenvalue weighted by Gasteiger charge is 2.26. The highest BCUT2D eigenvalue weighted by atomic mass is 16.5. The van der Waals surface area contributed by atoms with Crippen LogP contribution in [0.25, 0.3) is 0 Å². The van der Waals surface area contributed by atoms with Gasteiger partial charge < -0.3 is 9.84 Å². The maximum absolute atomic E-state index is 10.4. The zero-order chi connectivity index (χ0) is 15.8. The SMILES string of the molecule is CCCCCCC(O)C1CCC(c2ccc(OC)cc2)CC1. The lowest BCUT2D eigenvalue weighted by Crippen LogP contribution is -2.25. The van der Waals surface area contributed by atoms with Gasteiger partial charge >= 0.3 is 0 Å². The van der Waals surface area contributed by atoms with E-state index in [-0.39, 0.29) is 6.10 Å². The zero-order valence-corrected chi connectivity index (χ0v) is 14.3. The third-order valence-corrected chi connectivity index (χ3v) is 5.26. The molecule has 2 heteroatoms. The molecule has 1 N–H and O–H groups in total. The van der Waals surface area contributed by atoms with Crippen LogP contribution in [0.15, 0.2) is 24.3 Å². The minimum atomic E-state index is -0.0753. The summed E-state index contributed by atoms with van der Waals surface area (Å²) in [5, 5.41) is 10.4. The Kier molecular flexibility index (Phi) is 7.24. The summed E-state index contributed by atoms with van der Waals surface area (Å²) in [5.74, 6) is 2.12. The van der Waals surface area contributed by atoms with Crippen LogP contribution in [0.3, 0.4) is 0 Å². The van der Waals surface area contributed by atoms with Gasteiger partial charge in [-0.05, 0) is 61.6 Å². The van der Waals surface area contributed by atoms with E-state index in [0.29, 0.717) is 11.8 Å². The van der Waals surface area contributed by atoms with Gasteiger partial charge in [0.05, 0.1) is 13.2 Å². The van der Waals surface area contributed by atoms with E-state index in [1.165, 1.54) is 56.9 Å². The molecule has 1 aliphatic carbocycles. The summed E-state index contributed by atoms with van der Waals surface area (Å²) in [7, 11) is 1.71. The van der Waals surface area contributed by atoms with E-state index in [1.807, 2.05) is 0 Å². The summed E-state index contributed by atoms with van der Waals surface area (Å²) in [6.07, 6.45) is 10.7. The standard InChI is InChI=1S/C20H32O2/c1-3-4-5-6-7-20(21)18-10-8-16(9-11-18)17-12-14-19(22-2)15-13-17/h12-16,18,20-21H,3-11H2,1-2H3. The normalized spacial score (nSPS) is 23.2. The van der Waals surface area contributed by atoms with Crippen molar-refractivity contribution < 1.29 is 9.84 Å². The van der Waals surface area contributed by atoms with Crippen molar-refractivity contribution in [2.24, 2.45) is 5.92 Å². The number of aliphatic hydroxyl groups is 1. The van der Waals surface area contributed by atoms with Gasteiger partial charge in [0, 0.05) is 0 Å². The minimum absolute atomic E-state index is 0.0753. The van der Waals surface area contributed by atoms with Crippen LogP contribution in [0.5, 0.6) is 5.75 Å². The van der Waals surface area contributed by atoms with Crippen LogP contribution >= 0.6 is 0 Å². The van der Waals surface area contributed by atoms with E-state index in [4.69, 9.17) is 4.74 Å². The topological polar surface area (TPSA) is 29.5 Å². The van der Waals surface area contributed by atoms with Crippen LogP contribution in [0.1, 0.15) is 76.2 Å². The third kappa shape index (κ3) is 5.01. The molecular formula is C20H32O2. The molecule has 0 amide bonds. The van der Waals surface area contributed by atoms with Crippen molar-refractivity contribution >= 4 is 0 Å². The van der Waals surface area contributed by atoms with Crippen LogP contribution in [0.2, 0.25) is 0 Å². The number of hydrogen-bond donors (Lipinski definition) is 1. The quantitative estimate of drug-likeness (QED) is 0.660. The van der Waals surface area contributed by atoms with Gasteiger partial charge in [-0.15, -0.1) is 0 Å². The number of ether oxygens (including phenoxy) is 1. The summed E-state index contributed by atoms with van der Waals surface area (Å²) in [6, 6.07) is 8.52. The van der Waals surface area contributed by atoms with Crippen molar-refractivity contribution in [2.45, 2.75) is 76.7 Å². The summed E-state index contributed by atoms with van der Waals surface area (Å²) in [5.41, 5.74) is 1.43. The lowest BCUT2D eigenvalue weighted by atomic mass is 9.76. The predicted octanol–water partition coefficient (Wildman–Crippen LogP) is 5.30. The molecule has 0 aliphatic heterocycles. The summed E-state index contributed by atoms with van der Waals surface area (Å²) in [6.45, 7) is 2.23. The van der Waals surface area contributed by atoms with E-state index in [1.54, 1.807) is 7.11 Å². The van der Waals surface area contributed by atoms with Gasteiger partial charge in [0.2, 0.25) is 0 Å². The molecule has 0 aromatic heterocycles. The van der Waals surface area contributed by atoms with Crippen molar-refractivity contribution in [2.75, 3.05) is 7.11 Å². The number of rotatable bonds is 8. The molecule has 2 rings (SSSR count). The molecule has 0 radical (unpaired) electrons. The van der Waals surface area contributed by atoms with E-state index in [0.717, 1.165) is 12.2 Å². The molecule has 1 aliphatic rings. The molecule has 1 atom stereocenters. The second-order valence-electron chi connectivity index (χ2n) is 6.80. The Morgan fingerprint density at radius 1 is 1.05 bits per heavy atom. The Labute approximate surface area is 135 Å². The maximum Gasteiger partial charge on any atom is 0.118 e. The van der Waals surface area contributed by atoms with Crippen molar-refractivity contribution in [1.29, 1.82) is 0 Å². The molecule has 0 heterocycles. The van der Waals surface area contributed by atoms with Crippen molar-refractivity contribution in [1.82, 2.24) is 0 Å². The molecule has 2 nitrogen and oxygen atoms in total. The zero-order valence-electron chi connectivity index (χ0n) is 14.3.